The second-order valence-corrected chi connectivity index (χ2v) is 3.50. The summed E-state index contributed by atoms with van der Waals surface area (Å²) < 4.78 is 48.8. The lowest BCUT2D eigenvalue weighted by molar-refractivity contribution is -0.173. The third-order valence-corrected chi connectivity index (χ3v) is 2.01. The number of ether oxygens (including phenoxy) is 2. The molecule has 5 nitrogen and oxygen atoms in total. The van der Waals surface area contributed by atoms with Gasteiger partial charge in [0.2, 0.25) is 5.76 Å². The number of alkyl halides is 3. The van der Waals surface area contributed by atoms with Gasteiger partial charge in [0.15, 0.2) is 11.5 Å². The molecule has 106 valence electrons. The van der Waals surface area contributed by atoms with Crippen molar-refractivity contribution in [2.75, 3.05) is 20.3 Å². The first-order chi connectivity index (χ1) is 8.83. The maximum Gasteiger partial charge on any atom is 0.411 e. The Morgan fingerprint density at radius 3 is 2.47 bits per heavy atom. The number of esters is 1. The average molecular weight is 280 g/mol. The fraction of sp³-hybridized carbons (Fsp3) is 0.455. The Morgan fingerprint density at radius 1 is 1.26 bits per heavy atom. The molecule has 19 heavy (non-hydrogen) atoms. The number of carbonyl (C=O) groups excluding carboxylic acids is 2. The van der Waals surface area contributed by atoms with Crippen molar-refractivity contribution in [1.29, 1.82) is 0 Å². The smallest absolute Gasteiger partial charge is 0.411 e. The molecule has 0 atom stereocenters. The van der Waals surface area contributed by atoms with E-state index in [-0.39, 0.29) is 24.5 Å². The first-order valence-electron chi connectivity index (χ1n) is 5.19. The van der Waals surface area contributed by atoms with Gasteiger partial charge in [-0.25, -0.2) is 4.79 Å². The summed E-state index contributed by atoms with van der Waals surface area (Å²) in [5.41, 5.74) is 0. The van der Waals surface area contributed by atoms with Gasteiger partial charge in [0.25, 0.3) is 0 Å². The van der Waals surface area contributed by atoms with E-state index < -0.39 is 24.5 Å². The van der Waals surface area contributed by atoms with E-state index in [1.54, 1.807) is 0 Å². The Hall–Kier alpha value is -1.83. The zero-order valence-corrected chi connectivity index (χ0v) is 9.95. The van der Waals surface area contributed by atoms with E-state index in [1.807, 2.05) is 0 Å². The van der Waals surface area contributed by atoms with Gasteiger partial charge in [0.1, 0.15) is 6.61 Å². The molecule has 0 aliphatic heterocycles. The van der Waals surface area contributed by atoms with E-state index in [2.05, 4.69) is 9.47 Å². The molecule has 0 unspecified atom stereocenters. The molecule has 0 aliphatic rings. The molecular weight excluding hydrogens is 269 g/mol. The summed E-state index contributed by atoms with van der Waals surface area (Å²) in [5.74, 6) is -1.58. The largest absolute Gasteiger partial charge is 0.463 e. The lowest BCUT2D eigenvalue weighted by Crippen LogP contribution is -2.18. The van der Waals surface area contributed by atoms with Crippen LogP contribution in [0.4, 0.5) is 13.2 Å². The minimum atomic E-state index is -4.42. The number of carbonyl (C=O) groups is 2. The number of methoxy groups -OCH3 is 1. The van der Waals surface area contributed by atoms with Crippen LogP contribution in [0.15, 0.2) is 16.5 Å². The first-order valence-corrected chi connectivity index (χ1v) is 5.19. The predicted molar refractivity (Wildman–Crippen MR) is 55.9 cm³/mol. The van der Waals surface area contributed by atoms with Gasteiger partial charge in [0, 0.05) is 6.42 Å². The second-order valence-electron chi connectivity index (χ2n) is 3.50. The van der Waals surface area contributed by atoms with Crippen molar-refractivity contribution in [2.45, 2.75) is 12.6 Å². The summed E-state index contributed by atoms with van der Waals surface area (Å²) in [5, 5.41) is 0. The van der Waals surface area contributed by atoms with Crippen molar-refractivity contribution in [3.8, 4) is 0 Å². The van der Waals surface area contributed by atoms with E-state index in [0.29, 0.717) is 0 Å². The molecule has 0 fully saturated rings. The highest BCUT2D eigenvalue weighted by Gasteiger charge is 2.27. The van der Waals surface area contributed by atoms with E-state index in [1.165, 1.54) is 12.1 Å². The fourth-order valence-corrected chi connectivity index (χ4v) is 1.17. The third-order valence-electron chi connectivity index (χ3n) is 2.01. The Labute approximate surface area is 106 Å². The Morgan fingerprint density at radius 2 is 1.89 bits per heavy atom. The molecule has 0 bridgehead atoms. The van der Waals surface area contributed by atoms with Crippen molar-refractivity contribution in [2.24, 2.45) is 0 Å². The van der Waals surface area contributed by atoms with Crippen molar-refractivity contribution in [3.63, 3.8) is 0 Å². The van der Waals surface area contributed by atoms with Gasteiger partial charge in [0.05, 0.1) is 13.7 Å². The van der Waals surface area contributed by atoms with E-state index in [0.717, 1.165) is 7.11 Å². The van der Waals surface area contributed by atoms with E-state index in [4.69, 9.17) is 4.42 Å². The molecule has 1 aromatic heterocycles. The average Bonchev–Trinajstić information content (AvgIpc) is 2.81. The maximum atomic E-state index is 11.8. The SMILES string of the molecule is COC(=O)c1ccc(C(=O)CCOCC(F)(F)F)o1. The van der Waals surface area contributed by atoms with Crippen molar-refractivity contribution < 1.29 is 36.7 Å². The fourth-order valence-electron chi connectivity index (χ4n) is 1.17. The molecule has 0 aliphatic carbocycles. The molecule has 0 N–H and O–H groups in total. The molecular formula is C11H11F3O5. The van der Waals surface area contributed by atoms with Gasteiger partial charge >= 0.3 is 12.1 Å². The summed E-state index contributed by atoms with van der Waals surface area (Å²) in [4.78, 5) is 22.5. The predicted octanol–water partition coefficient (Wildman–Crippen LogP) is 2.22. The zero-order valence-electron chi connectivity index (χ0n) is 9.95. The number of hydrogen-bond donors (Lipinski definition) is 0. The van der Waals surface area contributed by atoms with Gasteiger partial charge in [-0.1, -0.05) is 0 Å². The number of rotatable bonds is 6. The Bertz CT molecular complexity index is 449. The molecule has 0 radical (unpaired) electrons. The number of Topliss-reactive ketones (excluding diaryl/α,β-unsaturated/α-hetero) is 1. The number of ketones is 1. The third kappa shape index (κ3) is 5.12. The maximum absolute atomic E-state index is 11.8. The van der Waals surface area contributed by atoms with E-state index in [9.17, 15) is 22.8 Å². The van der Waals surface area contributed by atoms with Crippen LogP contribution in [0, 0.1) is 0 Å². The van der Waals surface area contributed by atoms with Gasteiger partial charge in [-0.05, 0) is 12.1 Å². The minimum Gasteiger partial charge on any atom is -0.463 e. The standard InChI is InChI=1S/C11H11F3O5/c1-17-10(16)9-3-2-8(19-9)7(15)4-5-18-6-11(12,13)14/h2-3H,4-6H2,1H3. The Kier molecular flexibility index (Phi) is 5.11. The highest BCUT2D eigenvalue weighted by Crippen LogP contribution is 2.15. The summed E-state index contributed by atoms with van der Waals surface area (Å²) >= 11 is 0. The molecule has 0 amide bonds. The van der Waals surface area contributed by atoms with Gasteiger partial charge in [-0.2, -0.15) is 13.2 Å². The van der Waals surface area contributed by atoms with Gasteiger partial charge < -0.3 is 13.9 Å². The summed E-state index contributed by atoms with van der Waals surface area (Å²) in [7, 11) is 1.15. The number of hydrogen-bond acceptors (Lipinski definition) is 5. The molecule has 1 heterocycles. The Balaban J connectivity index is 2.42. The summed E-state index contributed by atoms with van der Waals surface area (Å²) in [6.07, 6.45) is -4.70. The van der Waals surface area contributed by atoms with Gasteiger partial charge in [-0.3, -0.25) is 4.79 Å². The van der Waals surface area contributed by atoms with Crippen LogP contribution in [0.25, 0.3) is 0 Å². The molecule has 0 saturated heterocycles. The van der Waals surface area contributed by atoms with Crippen molar-refractivity contribution in [1.82, 2.24) is 0 Å². The molecule has 0 spiro atoms. The highest BCUT2D eigenvalue weighted by atomic mass is 19.4. The lowest BCUT2D eigenvalue weighted by atomic mass is 10.2. The number of halogens is 3. The van der Waals surface area contributed by atoms with Crippen LogP contribution < -0.4 is 0 Å². The summed E-state index contributed by atoms with van der Waals surface area (Å²) in [6.45, 7) is -1.79. The van der Waals surface area contributed by atoms with Crippen molar-refractivity contribution >= 4 is 11.8 Å². The molecule has 1 rings (SSSR count). The molecule has 1 aromatic rings. The van der Waals surface area contributed by atoms with Crippen LogP contribution in [0.1, 0.15) is 27.5 Å². The molecule has 8 heteroatoms. The van der Waals surface area contributed by atoms with Crippen LogP contribution in [0.3, 0.4) is 0 Å². The monoisotopic (exact) mass is 280 g/mol. The lowest BCUT2D eigenvalue weighted by Gasteiger charge is -2.06. The highest BCUT2D eigenvalue weighted by molar-refractivity contribution is 5.95. The van der Waals surface area contributed by atoms with E-state index >= 15 is 0 Å². The quantitative estimate of drug-likeness (QED) is 0.454. The minimum absolute atomic E-state index is 0.129. The van der Waals surface area contributed by atoms with Crippen molar-refractivity contribution in [3.05, 3.63) is 23.7 Å². The van der Waals surface area contributed by atoms with Crippen LogP contribution in [0.5, 0.6) is 0 Å². The van der Waals surface area contributed by atoms with Crippen LogP contribution >= 0.6 is 0 Å². The first kappa shape index (κ1) is 15.2. The van der Waals surface area contributed by atoms with Gasteiger partial charge in [-0.15, -0.1) is 0 Å². The van der Waals surface area contributed by atoms with Crippen LogP contribution in [-0.2, 0) is 9.47 Å². The topological polar surface area (TPSA) is 65.7 Å². The normalized spacial score (nSPS) is 11.4. The zero-order chi connectivity index (χ0) is 14.5. The summed E-state index contributed by atoms with van der Waals surface area (Å²) in [6, 6.07) is 2.49. The molecule has 0 aromatic carbocycles. The van der Waals surface area contributed by atoms with Crippen LogP contribution in [-0.4, -0.2) is 38.3 Å². The second kappa shape index (κ2) is 6.37. The molecule has 0 saturated carbocycles. The van der Waals surface area contributed by atoms with Crippen LogP contribution in [0.2, 0.25) is 0 Å². The number of furan rings is 1.